The van der Waals surface area contributed by atoms with Crippen molar-refractivity contribution in [2.24, 2.45) is 0 Å². The van der Waals surface area contributed by atoms with E-state index >= 15 is 0 Å². The van der Waals surface area contributed by atoms with Crippen molar-refractivity contribution in [1.82, 2.24) is 0 Å². The van der Waals surface area contributed by atoms with E-state index in [1.54, 1.807) is 0 Å². The maximum Gasteiger partial charge on any atom is 0.0540 e. The van der Waals surface area contributed by atoms with Crippen molar-refractivity contribution in [2.75, 3.05) is 9.80 Å². The number of anilines is 6. The van der Waals surface area contributed by atoms with Gasteiger partial charge in [-0.1, -0.05) is 133 Å². The van der Waals surface area contributed by atoms with Gasteiger partial charge < -0.3 is 9.80 Å². The molecule has 8 aromatic rings. The molecule has 2 heteroatoms. The molecule has 0 amide bonds. The van der Waals surface area contributed by atoms with Crippen molar-refractivity contribution >= 4 is 61.2 Å². The number of hydrogen-bond donors (Lipinski definition) is 0. The third-order valence-corrected chi connectivity index (χ3v) is 10.0. The summed E-state index contributed by atoms with van der Waals surface area (Å²) in [5.41, 5.74) is 11.9. The Hall–Kier alpha value is -6.64. The maximum absolute atomic E-state index is 2.40. The van der Waals surface area contributed by atoms with E-state index in [4.69, 9.17) is 0 Å². The molecule has 52 heavy (non-hydrogen) atoms. The largest absolute Gasteiger partial charge is 0.310 e. The fraction of sp³-hybridized carbons (Fsp3) is 0.0400. The molecule has 8 aromatic carbocycles. The Bertz CT molecular complexity index is 2570. The average molecular weight is 667 g/mol. The Kier molecular flexibility index (Phi) is 8.40. The van der Waals surface area contributed by atoms with Gasteiger partial charge in [0, 0.05) is 33.8 Å². The number of fused-ring (bicyclic) bond motifs is 2. The van der Waals surface area contributed by atoms with Crippen LogP contribution in [0.2, 0.25) is 0 Å². The van der Waals surface area contributed by atoms with Crippen LogP contribution in [-0.2, 0) is 0 Å². The molecular weight excluding hydrogens is 629 g/mol. The molecule has 2 nitrogen and oxygen atoms in total. The molecular formula is C50H38N2. The fourth-order valence-electron chi connectivity index (χ4n) is 7.49. The number of hydrogen-bond acceptors (Lipinski definition) is 2. The lowest BCUT2D eigenvalue weighted by atomic mass is 9.96. The van der Waals surface area contributed by atoms with Crippen LogP contribution in [0.1, 0.15) is 18.4 Å². The summed E-state index contributed by atoms with van der Waals surface area (Å²) >= 11 is 0. The molecule has 1 aliphatic rings. The van der Waals surface area contributed by atoms with Crippen molar-refractivity contribution in [3.8, 4) is 11.1 Å². The zero-order valence-corrected chi connectivity index (χ0v) is 28.9. The third kappa shape index (κ3) is 6.16. The highest BCUT2D eigenvalue weighted by Gasteiger charge is 2.19. The van der Waals surface area contributed by atoms with Gasteiger partial charge in [-0.25, -0.2) is 0 Å². The first-order valence-corrected chi connectivity index (χ1v) is 18.1. The lowest BCUT2D eigenvalue weighted by Gasteiger charge is -2.29. The Balaban J connectivity index is 1.16. The van der Waals surface area contributed by atoms with Crippen LogP contribution in [0.3, 0.4) is 0 Å². The van der Waals surface area contributed by atoms with E-state index in [1.807, 2.05) is 0 Å². The van der Waals surface area contributed by atoms with Gasteiger partial charge in [0.2, 0.25) is 0 Å². The summed E-state index contributed by atoms with van der Waals surface area (Å²) in [6.07, 6.45) is 8.82. The van der Waals surface area contributed by atoms with E-state index in [1.165, 1.54) is 43.8 Å². The van der Waals surface area contributed by atoms with Crippen LogP contribution in [0.4, 0.5) is 34.1 Å². The van der Waals surface area contributed by atoms with Gasteiger partial charge in [0.1, 0.15) is 0 Å². The van der Waals surface area contributed by atoms with Crippen LogP contribution in [0.15, 0.2) is 206 Å². The number of rotatable bonds is 8. The zero-order chi connectivity index (χ0) is 34.7. The zero-order valence-electron chi connectivity index (χ0n) is 28.9. The lowest BCUT2D eigenvalue weighted by Crippen LogP contribution is -2.11. The molecule has 0 saturated heterocycles. The topological polar surface area (TPSA) is 6.48 Å². The summed E-state index contributed by atoms with van der Waals surface area (Å²) < 4.78 is 0. The molecule has 0 spiro atoms. The molecule has 0 heterocycles. The highest BCUT2D eigenvalue weighted by molar-refractivity contribution is 6.01. The smallest absolute Gasteiger partial charge is 0.0540 e. The van der Waals surface area contributed by atoms with Gasteiger partial charge in [-0.05, 0) is 124 Å². The van der Waals surface area contributed by atoms with Crippen LogP contribution in [0, 0.1) is 0 Å². The van der Waals surface area contributed by atoms with E-state index in [9.17, 15) is 0 Å². The first-order chi connectivity index (χ1) is 25.8. The van der Waals surface area contributed by atoms with E-state index < -0.39 is 0 Å². The summed E-state index contributed by atoms with van der Waals surface area (Å²) in [4.78, 5) is 4.76. The van der Waals surface area contributed by atoms with Crippen molar-refractivity contribution in [1.29, 1.82) is 0 Å². The van der Waals surface area contributed by atoms with Gasteiger partial charge in [-0.2, -0.15) is 0 Å². The SMILES string of the molecule is C1=CCCC(c2cccc(N(c3ccccc3)c3cccc4cc(N(c5ccccc5)c5ccc6ccc(-c7ccccc7)cc6c5)ccc34)c2)=C1. The first kappa shape index (κ1) is 31.3. The van der Waals surface area contributed by atoms with Crippen LogP contribution >= 0.6 is 0 Å². The minimum atomic E-state index is 1.06. The highest BCUT2D eigenvalue weighted by atomic mass is 15.2. The second kappa shape index (κ2) is 13.9. The predicted octanol–water partition coefficient (Wildman–Crippen LogP) is 14.3. The highest BCUT2D eigenvalue weighted by Crippen LogP contribution is 2.43. The van der Waals surface area contributed by atoms with Crippen LogP contribution in [0.5, 0.6) is 0 Å². The molecule has 9 rings (SSSR count). The molecule has 248 valence electrons. The Labute approximate surface area is 305 Å². The molecule has 0 saturated carbocycles. The van der Waals surface area contributed by atoms with Gasteiger partial charge in [-0.3, -0.25) is 0 Å². The summed E-state index contributed by atoms with van der Waals surface area (Å²) in [6.45, 7) is 0. The molecule has 0 aromatic heterocycles. The van der Waals surface area contributed by atoms with Gasteiger partial charge in [0.05, 0.1) is 5.69 Å². The Morgan fingerprint density at radius 3 is 1.73 bits per heavy atom. The molecule has 0 bridgehead atoms. The summed E-state index contributed by atoms with van der Waals surface area (Å²) in [6, 6.07) is 68.1. The minimum Gasteiger partial charge on any atom is -0.310 e. The second-order valence-corrected chi connectivity index (χ2v) is 13.3. The van der Waals surface area contributed by atoms with E-state index in [2.05, 4.69) is 216 Å². The number of allylic oxidation sites excluding steroid dienone is 4. The molecule has 0 atom stereocenters. The quantitative estimate of drug-likeness (QED) is 0.159. The average Bonchev–Trinajstić information content (AvgIpc) is 3.22. The minimum absolute atomic E-state index is 1.06. The van der Waals surface area contributed by atoms with Gasteiger partial charge in [-0.15, -0.1) is 0 Å². The monoisotopic (exact) mass is 666 g/mol. The molecule has 0 radical (unpaired) electrons. The van der Waals surface area contributed by atoms with Crippen molar-refractivity contribution in [3.05, 3.63) is 212 Å². The van der Waals surface area contributed by atoms with E-state index in [0.717, 1.165) is 47.0 Å². The fourth-order valence-corrected chi connectivity index (χ4v) is 7.49. The Morgan fingerprint density at radius 2 is 0.981 bits per heavy atom. The summed E-state index contributed by atoms with van der Waals surface area (Å²) in [5.74, 6) is 0. The van der Waals surface area contributed by atoms with Crippen molar-refractivity contribution < 1.29 is 0 Å². The standard InChI is InChI=1S/C50H38N2/c1-5-15-37(16-6-1)40-19-13-25-46(34-40)52(45-23-11-4-12-24-45)50-26-14-20-42-35-48(31-32-49(42)50)51(44-21-9-3-10-22-44)47-30-29-39-27-28-41(33-43(39)36-47)38-17-7-2-8-18-38/h1-5,7-15,17-36H,6,16H2. The van der Waals surface area contributed by atoms with Crippen LogP contribution in [-0.4, -0.2) is 0 Å². The van der Waals surface area contributed by atoms with Gasteiger partial charge >= 0.3 is 0 Å². The summed E-state index contributed by atoms with van der Waals surface area (Å²) in [7, 11) is 0. The number of nitrogens with zero attached hydrogens (tertiary/aromatic N) is 2. The number of benzene rings is 8. The normalized spacial score (nSPS) is 12.5. The van der Waals surface area contributed by atoms with Crippen LogP contribution < -0.4 is 9.80 Å². The molecule has 0 fully saturated rings. The predicted molar refractivity (Wildman–Crippen MR) is 223 cm³/mol. The Morgan fingerprint density at radius 1 is 0.365 bits per heavy atom. The molecule has 0 N–H and O–H groups in total. The third-order valence-electron chi connectivity index (χ3n) is 10.0. The van der Waals surface area contributed by atoms with Crippen molar-refractivity contribution in [2.45, 2.75) is 12.8 Å². The van der Waals surface area contributed by atoms with Gasteiger partial charge in [0.25, 0.3) is 0 Å². The van der Waals surface area contributed by atoms with E-state index in [0.29, 0.717) is 0 Å². The molecule has 0 aliphatic heterocycles. The molecule has 1 aliphatic carbocycles. The lowest BCUT2D eigenvalue weighted by molar-refractivity contribution is 1.05. The number of para-hydroxylation sites is 2. The van der Waals surface area contributed by atoms with Crippen molar-refractivity contribution in [3.63, 3.8) is 0 Å². The first-order valence-electron chi connectivity index (χ1n) is 18.1. The van der Waals surface area contributed by atoms with Crippen LogP contribution in [0.25, 0.3) is 38.2 Å². The maximum atomic E-state index is 2.40. The molecule has 0 unspecified atom stereocenters. The second-order valence-electron chi connectivity index (χ2n) is 13.3. The van der Waals surface area contributed by atoms with E-state index in [-0.39, 0.29) is 0 Å². The van der Waals surface area contributed by atoms with Gasteiger partial charge in [0.15, 0.2) is 0 Å². The summed E-state index contributed by atoms with van der Waals surface area (Å²) in [5, 5.41) is 4.81.